The minimum absolute atomic E-state index is 0.852. The van der Waals surface area contributed by atoms with Crippen LogP contribution < -0.4 is 0 Å². The highest BCUT2D eigenvalue weighted by molar-refractivity contribution is 7.67. The van der Waals surface area contributed by atoms with Gasteiger partial charge in [0.25, 0.3) is 0 Å². The Morgan fingerprint density at radius 3 is 2.67 bits per heavy atom. The lowest BCUT2D eigenvalue weighted by Crippen LogP contribution is -1.81. The van der Waals surface area contributed by atoms with E-state index in [-0.39, 0.29) is 0 Å². The van der Waals surface area contributed by atoms with Crippen LogP contribution in [0.25, 0.3) is 0 Å². The van der Waals surface area contributed by atoms with E-state index >= 15 is 0 Å². The Morgan fingerprint density at radius 1 is 1.78 bits per heavy atom. The van der Waals surface area contributed by atoms with Crippen LogP contribution in [0.4, 0.5) is 0 Å². The summed E-state index contributed by atoms with van der Waals surface area (Å²) in [5.41, 5.74) is 1.32. The number of hydrogen-bond acceptors (Lipinski definition) is 1. The molecule has 9 heavy (non-hydrogen) atoms. The third-order valence-corrected chi connectivity index (χ3v) is 4.84. The summed E-state index contributed by atoms with van der Waals surface area (Å²) < 4.78 is 11.5. The normalized spacial score (nSPS) is 34.7. The summed E-state index contributed by atoms with van der Waals surface area (Å²) in [5, 5.41) is 0. The molecule has 0 aromatic rings. The van der Waals surface area contributed by atoms with Crippen molar-refractivity contribution >= 4 is 7.14 Å². The van der Waals surface area contributed by atoms with Gasteiger partial charge in [0.1, 0.15) is 7.14 Å². The molecule has 1 aliphatic heterocycles. The molecule has 0 saturated carbocycles. The molecule has 1 unspecified atom stereocenters. The minimum atomic E-state index is -1.77. The molecule has 0 spiro atoms. The van der Waals surface area contributed by atoms with E-state index in [9.17, 15) is 4.57 Å². The van der Waals surface area contributed by atoms with Crippen molar-refractivity contribution in [2.45, 2.75) is 20.3 Å². The zero-order valence-electron chi connectivity index (χ0n) is 6.05. The molecule has 0 radical (unpaired) electrons. The molecule has 1 heterocycles. The van der Waals surface area contributed by atoms with Crippen molar-refractivity contribution in [3.63, 3.8) is 0 Å². The lowest BCUT2D eigenvalue weighted by molar-refractivity contribution is 0.582. The van der Waals surface area contributed by atoms with E-state index < -0.39 is 7.14 Å². The van der Waals surface area contributed by atoms with E-state index in [4.69, 9.17) is 0 Å². The highest BCUT2D eigenvalue weighted by Crippen LogP contribution is 2.53. The summed E-state index contributed by atoms with van der Waals surface area (Å²) in [7, 11) is -1.77. The first-order chi connectivity index (χ1) is 4.16. The van der Waals surface area contributed by atoms with Crippen molar-refractivity contribution in [2.75, 3.05) is 12.3 Å². The summed E-state index contributed by atoms with van der Waals surface area (Å²) in [6, 6.07) is 0. The molecule has 0 fully saturated rings. The molecular formula is C7H13OP. The average molecular weight is 144 g/mol. The molecule has 0 amide bonds. The molecule has 0 bridgehead atoms. The van der Waals surface area contributed by atoms with Gasteiger partial charge < -0.3 is 4.57 Å². The number of allylic oxidation sites excluding steroid dienone is 1. The van der Waals surface area contributed by atoms with Gasteiger partial charge in [0.05, 0.1) is 0 Å². The Balaban J connectivity index is 2.77. The van der Waals surface area contributed by atoms with Crippen LogP contribution in [0.5, 0.6) is 0 Å². The van der Waals surface area contributed by atoms with E-state index in [1.54, 1.807) is 0 Å². The van der Waals surface area contributed by atoms with Crippen molar-refractivity contribution in [3.8, 4) is 0 Å². The van der Waals surface area contributed by atoms with E-state index in [1.807, 2.05) is 12.7 Å². The standard InChI is InChI=1S/C7H13OP/c1-3-9(8)5-4-7(2)6-9/h6H,3-5H2,1-2H3. The van der Waals surface area contributed by atoms with Crippen LogP contribution in [0.2, 0.25) is 0 Å². The molecule has 0 saturated heterocycles. The highest BCUT2D eigenvalue weighted by atomic mass is 31.2. The molecule has 0 N–H and O–H groups in total. The first-order valence-electron chi connectivity index (χ1n) is 3.42. The van der Waals surface area contributed by atoms with Crippen LogP contribution in [0.3, 0.4) is 0 Å². The van der Waals surface area contributed by atoms with Gasteiger partial charge in [-0.15, -0.1) is 0 Å². The SMILES string of the molecule is CCP1(=O)C=C(C)CC1. The molecule has 1 atom stereocenters. The number of hydrogen-bond donors (Lipinski definition) is 0. The zero-order chi connectivity index (χ0) is 6.91. The van der Waals surface area contributed by atoms with Crippen LogP contribution in [0.1, 0.15) is 20.3 Å². The topological polar surface area (TPSA) is 17.1 Å². The maximum absolute atomic E-state index is 11.5. The fourth-order valence-electron chi connectivity index (χ4n) is 1.15. The quantitative estimate of drug-likeness (QED) is 0.517. The summed E-state index contributed by atoms with van der Waals surface area (Å²) in [5.74, 6) is 1.99. The highest BCUT2D eigenvalue weighted by Gasteiger charge is 2.21. The van der Waals surface area contributed by atoms with Gasteiger partial charge in [0, 0.05) is 12.3 Å². The van der Waals surface area contributed by atoms with Crippen LogP contribution in [-0.4, -0.2) is 12.3 Å². The van der Waals surface area contributed by atoms with Crippen LogP contribution in [-0.2, 0) is 4.57 Å². The van der Waals surface area contributed by atoms with E-state index in [2.05, 4.69) is 6.92 Å². The first kappa shape index (κ1) is 7.08. The van der Waals surface area contributed by atoms with Crippen LogP contribution in [0, 0.1) is 0 Å². The van der Waals surface area contributed by atoms with Crippen molar-refractivity contribution in [1.82, 2.24) is 0 Å². The van der Waals surface area contributed by atoms with Gasteiger partial charge in [-0.3, -0.25) is 0 Å². The second-order valence-electron chi connectivity index (χ2n) is 2.72. The Labute approximate surface area is 56.5 Å². The summed E-state index contributed by atoms with van der Waals surface area (Å²) in [6.45, 7) is 4.07. The van der Waals surface area contributed by atoms with E-state index in [0.717, 1.165) is 18.7 Å². The molecule has 1 rings (SSSR count). The third-order valence-electron chi connectivity index (χ3n) is 1.88. The van der Waals surface area contributed by atoms with Crippen molar-refractivity contribution in [3.05, 3.63) is 11.4 Å². The third kappa shape index (κ3) is 1.46. The Bertz CT molecular complexity index is 181. The smallest absolute Gasteiger partial charge is 0.108 e. The fraction of sp³-hybridized carbons (Fsp3) is 0.714. The average Bonchev–Trinajstić information content (AvgIpc) is 2.13. The van der Waals surface area contributed by atoms with Gasteiger partial charge in [-0.05, 0) is 19.2 Å². The Kier molecular flexibility index (Phi) is 1.81. The monoisotopic (exact) mass is 144 g/mol. The van der Waals surface area contributed by atoms with Gasteiger partial charge >= 0.3 is 0 Å². The molecule has 0 aromatic carbocycles. The molecule has 1 aliphatic rings. The number of rotatable bonds is 1. The van der Waals surface area contributed by atoms with Crippen LogP contribution >= 0.6 is 7.14 Å². The van der Waals surface area contributed by atoms with Crippen molar-refractivity contribution in [2.24, 2.45) is 0 Å². The lowest BCUT2D eigenvalue weighted by Gasteiger charge is -2.01. The van der Waals surface area contributed by atoms with Gasteiger partial charge in [0.2, 0.25) is 0 Å². The van der Waals surface area contributed by atoms with E-state index in [0.29, 0.717) is 0 Å². The van der Waals surface area contributed by atoms with Gasteiger partial charge in [-0.2, -0.15) is 0 Å². The van der Waals surface area contributed by atoms with E-state index in [1.165, 1.54) is 5.57 Å². The second kappa shape index (κ2) is 2.30. The Morgan fingerprint density at radius 2 is 2.44 bits per heavy atom. The second-order valence-corrected chi connectivity index (χ2v) is 5.96. The summed E-state index contributed by atoms with van der Waals surface area (Å²) in [6.07, 6.45) is 2.84. The fourth-order valence-corrected chi connectivity index (χ4v) is 3.44. The van der Waals surface area contributed by atoms with Crippen LogP contribution in [0.15, 0.2) is 11.4 Å². The molecular weight excluding hydrogens is 131 g/mol. The van der Waals surface area contributed by atoms with Crippen molar-refractivity contribution < 1.29 is 4.57 Å². The van der Waals surface area contributed by atoms with Gasteiger partial charge in [0.15, 0.2) is 0 Å². The van der Waals surface area contributed by atoms with Gasteiger partial charge in [-0.25, -0.2) is 0 Å². The van der Waals surface area contributed by atoms with Gasteiger partial charge in [-0.1, -0.05) is 12.5 Å². The predicted molar refractivity (Wildman–Crippen MR) is 41.4 cm³/mol. The van der Waals surface area contributed by atoms with Crippen molar-refractivity contribution in [1.29, 1.82) is 0 Å². The largest absolute Gasteiger partial charge is 0.319 e. The lowest BCUT2D eigenvalue weighted by atomic mass is 10.3. The minimum Gasteiger partial charge on any atom is -0.319 e. The molecule has 0 aromatic heterocycles. The molecule has 1 nitrogen and oxygen atoms in total. The predicted octanol–water partition coefficient (Wildman–Crippen LogP) is 2.68. The first-order valence-corrected chi connectivity index (χ1v) is 5.57. The Hall–Kier alpha value is -0.0300. The summed E-state index contributed by atoms with van der Waals surface area (Å²) >= 11 is 0. The maximum Gasteiger partial charge on any atom is 0.108 e. The molecule has 2 heteroatoms. The maximum atomic E-state index is 11.5. The molecule has 52 valence electrons. The summed E-state index contributed by atoms with van der Waals surface area (Å²) in [4.78, 5) is 0. The zero-order valence-corrected chi connectivity index (χ0v) is 6.95. The molecule has 0 aliphatic carbocycles.